The zero-order valence-corrected chi connectivity index (χ0v) is 12.7. The molecule has 1 saturated heterocycles. The predicted octanol–water partition coefficient (Wildman–Crippen LogP) is 3.19. The van der Waals surface area contributed by atoms with Crippen molar-refractivity contribution >= 4 is 0 Å². The van der Waals surface area contributed by atoms with Crippen molar-refractivity contribution in [3.8, 4) is 0 Å². The molecule has 0 N–H and O–H groups in total. The summed E-state index contributed by atoms with van der Waals surface area (Å²) in [5.41, 5.74) is 0.576. The van der Waals surface area contributed by atoms with Gasteiger partial charge in [0.2, 0.25) is 0 Å². The van der Waals surface area contributed by atoms with E-state index in [4.69, 9.17) is 0 Å². The van der Waals surface area contributed by atoms with Crippen LogP contribution in [-0.4, -0.2) is 49.6 Å². The second-order valence-electron chi connectivity index (χ2n) is 5.90. The number of piperazine rings is 1. The van der Waals surface area contributed by atoms with Crippen molar-refractivity contribution in [3.63, 3.8) is 0 Å². The molecule has 1 aliphatic rings. The molecule has 1 aromatic carbocycles. The summed E-state index contributed by atoms with van der Waals surface area (Å²) in [7, 11) is 2.11. The molecule has 0 amide bonds. The highest BCUT2D eigenvalue weighted by molar-refractivity contribution is 5.33. The van der Waals surface area contributed by atoms with Crippen LogP contribution in [0.15, 0.2) is 18.2 Å². The molecule has 0 aliphatic carbocycles. The van der Waals surface area contributed by atoms with Crippen molar-refractivity contribution in [1.29, 1.82) is 0 Å². The lowest BCUT2D eigenvalue weighted by molar-refractivity contribution is -0.138. The topological polar surface area (TPSA) is 6.48 Å². The lowest BCUT2D eigenvalue weighted by Gasteiger charge is -2.32. The van der Waals surface area contributed by atoms with Crippen LogP contribution >= 0.6 is 0 Å². The molecule has 0 atom stereocenters. The van der Waals surface area contributed by atoms with Gasteiger partial charge < -0.3 is 9.80 Å². The molecule has 1 aromatic rings. The monoisotopic (exact) mass is 300 g/mol. The smallest absolute Gasteiger partial charge is 0.304 e. The molecular formula is C16H23F3N2. The summed E-state index contributed by atoms with van der Waals surface area (Å²) in [5, 5.41) is 0. The third-order valence-electron chi connectivity index (χ3n) is 4.14. The molecule has 1 aliphatic heterocycles. The number of benzene rings is 1. The van der Waals surface area contributed by atoms with Crippen LogP contribution in [0.5, 0.6) is 0 Å². The van der Waals surface area contributed by atoms with Crippen LogP contribution in [0, 0.1) is 6.92 Å². The molecule has 118 valence electrons. The van der Waals surface area contributed by atoms with Gasteiger partial charge in [0, 0.05) is 26.2 Å². The Hall–Kier alpha value is -1.07. The normalized spacial score (nSPS) is 18.1. The number of rotatable bonds is 4. The Morgan fingerprint density at radius 2 is 1.76 bits per heavy atom. The second-order valence-corrected chi connectivity index (χ2v) is 5.90. The number of likely N-dealkylation sites (N-methyl/N-ethyl adjacent to an activating group) is 1. The van der Waals surface area contributed by atoms with Crippen molar-refractivity contribution in [3.05, 3.63) is 34.9 Å². The molecule has 0 radical (unpaired) electrons. The van der Waals surface area contributed by atoms with Crippen molar-refractivity contribution in [2.45, 2.75) is 25.9 Å². The number of aryl methyl sites for hydroxylation is 2. The summed E-state index contributed by atoms with van der Waals surface area (Å²) in [6.45, 7) is 6.72. The highest BCUT2D eigenvalue weighted by Crippen LogP contribution is 2.32. The van der Waals surface area contributed by atoms with Gasteiger partial charge in [0.1, 0.15) is 0 Å². The van der Waals surface area contributed by atoms with Gasteiger partial charge in [-0.15, -0.1) is 0 Å². The van der Waals surface area contributed by atoms with Gasteiger partial charge in [0.25, 0.3) is 0 Å². The second kappa shape index (κ2) is 6.79. The Labute approximate surface area is 124 Å². The molecule has 1 fully saturated rings. The minimum atomic E-state index is -4.25. The Morgan fingerprint density at radius 1 is 1.10 bits per heavy atom. The van der Waals surface area contributed by atoms with E-state index in [9.17, 15) is 13.2 Å². The number of nitrogens with zero attached hydrogens (tertiary/aromatic N) is 2. The van der Waals surface area contributed by atoms with Crippen LogP contribution in [-0.2, 0) is 12.6 Å². The summed E-state index contributed by atoms with van der Waals surface area (Å²) in [6.07, 6.45) is -2.64. The molecule has 1 heterocycles. The lowest BCUT2D eigenvalue weighted by Crippen LogP contribution is -2.44. The summed E-state index contributed by atoms with van der Waals surface area (Å²) in [6, 6.07) is 4.70. The Bertz CT molecular complexity index is 463. The Kier molecular flexibility index (Phi) is 5.27. The Balaban J connectivity index is 1.86. The molecule has 0 unspecified atom stereocenters. The van der Waals surface area contributed by atoms with Gasteiger partial charge in [-0.3, -0.25) is 0 Å². The third-order valence-corrected chi connectivity index (χ3v) is 4.14. The largest absolute Gasteiger partial charge is 0.416 e. The van der Waals surface area contributed by atoms with E-state index in [1.54, 1.807) is 6.07 Å². The highest BCUT2D eigenvalue weighted by Gasteiger charge is 2.32. The quantitative estimate of drug-likeness (QED) is 0.842. The van der Waals surface area contributed by atoms with E-state index in [-0.39, 0.29) is 0 Å². The molecule has 0 aromatic heterocycles. The first-order valence-corrected chi connectivity index (χ1v) is 7.44. The summed E-state index contributed by atoms with van der Waals surface area (Å²) >= 11 is 0. The van der Waals surface area contributed by atoms with Crippen molar-refractivity contribution in [2.75, 3.05) is 39.8 Å². The molecule has 0 spiro atoms. The van der Waals surface area contributed by atoms with E-state index in [0.29, 0.717) is 12.0 Å². The standard InChI is InChI=1S/C16H23F3N2/c1-13-5-6-14(12-15(13)16(17,18)19)4-3-7-21-10-8-20(2)9-11-21/h5-6,12H,3-4,7-11H2,1-2H3. The zero-order chi connectivity index (χ0) is 15.5. The highest BCUT2D eigenvalue weighted by atomic mass is 19.4. The van der Waals surface area contributed by atoms with Gasteiger partial charge in [-0.05, 0) is 50.6 Å². The van der Waals surface area contributed by atoms with Gasteiger partial charge in [-0.1, -0.05) is 12.1 Å². The molecule has 0 bridgehead atoms. The van der Waals surface area contributed by atoms with E-state index in [1.807, 2.05) is 6.07 Å². The van der Waals surface area contributed by atoms with Gasteiger partial charge >= 0.3 is 6.18 Å². The number of alkyl halides is 3. The average molecular weight is 300 g/mol. The number of hydrogen-bond donors (Lipinski definition) is 0. The molecular weight excluding hydrogens is 277 g/mol. The first-order chi connectivity index (χ1) is 9.86. The number of halogens is 3. The van der Waals surface area contributed by atoms with E-state index in [2.05, 4.69) is 16.8 Å². The zero-order valence-electron chi connectivity index (χ0n) is 12.7. The SMILES string of the molecule is Cc1ccc(CCCN2CCN(C)CC2)cc1C(F)(F)F. The van der Waals surface area contributed by atoms with Gasteiger partial charge in [-0.25, -0.2) is 0 Å². The molecule has 21 heavy (non-hydrogen) atoms. The molecule has 0 saturated carbocycles. The summed E-state index contributed by atoms with van der Waals surface area (Å²) < 4.78 is 38.6. The fourth-order valence-electron chi connectivity index (χ4n) is 2.71. The maximum atomic E-state index is 12.9. The van der Waals surface area contributed by atoms with Crippen molar-refractivity contribution in [2.24, 2.45) is 0 Å². The van der Waals surface area contributed by atoms with Crippen molar-refractivity contribution < 1.29 is 13.2 Å². The van der Waals surface area contributed by atoms with Crippen LogP contribution in [0.3, 0.4) is 0 Å². The van der Waals surface area contributed by atoms with Gasteiger partial charge in [0.05, 0.1) is 5.56 Å². The summed E-state index contributed by atoms with van der Waals surface area (Å²) in [5.74, 6) is 0. The first kappa shape index (κ1) is 16.3. The maximum Gasteiger partial charge on any atom is 0.416 e. The maximum absolute atomic E-state index is 12.9. The van der Waals surface area contributed by atoms with E-state index < -0.39 is 11.7 Å². The summed E-state index contributed by atoms with van der Waals surface area (Å²) in [4.78, 5) is 4.69. The van der Waals surface area contributed by atoms with Crippen LogP contribution < -0.4 is 0 Å². The molecule has 5 heteroatoms. The van der Waals surface area contributed by atoms with Crippen LogP contribution in [0.4, 0.5) is 13.2 Å². The van der Waals surface area contributed by atoms with Crippen molar-refractivity contribution in [1.82, 2.24) is 9.80 Å². The third kappa shape index (κ3) is 4.71. The first-order valence-electron chi connectivity index (χ1n) is 7.44. The molecule has 2 rings (SSSR count). The Morgan fingerprint density at radius 3 is 2.38 bits per heavy atom. The lowest BCUT2D eigenvalue weighted by atomic mass is 10.0. The minimum Gasteiger partial charge on any atom is -0.304 e. The van der Waals surface area contributed by atoms with Crippen LogP contribution in [0.1, 0.15) is 23.1 Å². The number of hydrogen-bond acceptors (Lipinski definition) is 2. The molecule has 2 nitrogen and oxygen atoms in total. The van der Waals surface area contributed by atoms with Gasteiger partial charge in [0.15, 0.2) is 0 Å². The van der Waals surface area contributed by atoms with E-state index >= 15 is 0 Å². The fraction of sp³-hybridized carbons (Fsp3) is 0.625. The van der Waals surface area contributed by atoms with E-state index in [0.717, 1.165) is 44.7 Å². The average Bonchev–Trinajstić information content (AvgIpc) is 2.41. The van der Waals surface area contributed by atoms with Crippen LogP contribution in [0.2, 0.25) is 0 Å². The van der Waals surface area contributed by atoms with E-state index in [1.165, 1.54) is 13.0 Å². The minimum absolute atomic E-state index is 0.297. The van der Waals surface area contributed by atoms with Crippen LogP contribution in [0.25, 0.3) is 0 Å². The van der Waals surface area contributed by atoms with Gasteiger partial charge in [-0.2, -0.15) is 13.2 Å². The predicted molar refractivity (Wildman–Crippen MR) is 78.4 cm³/mol. The fourth-order valence-corrected chi connectivity index (χ4v) is 2.71.